The molecule has 1 aromatic rings. The summed E-state index contributed by atoms with van der Waals surface area (Å²) in [7, 11) is 1.80. The average Bonchev–Trinajstić information content (AvgIpc) is 2.41. The van der Waals surface area contributed by atoms with Crippen molar-refractivity contribution in [1.29, 1.82) is 0 Å². The Morgan fingerprint density at radius 3 is 2.33 bits per heavy atom. The monoisotopic (exact) mass is 273 g/mol. The van der Waals surface area contributed by atoms with E-state index in [0.717, 1.165) is 16.7 Å². The Balaban J connectivity index is 3.00. The second kappa shape index (κ2) is 4.84. The zero-order valence-corrected chi connectivity index (χ0v) is 11.1. The standard InChI is InChI=1S/C11H16BrNO2/c1-7-8(2)15-9(3)10(7)11(14)13(4)6-5-12/h5-6H2,1-4H3. The first-order valence-corrected chi connectivity index (χ1v) is 5.99. The van der Waals surface area contributed by atoms with E-state index in [1.165, 1.54) is 0 Å². The van der Waals surface area contributed by atoms with Gasteiger partial charge in [0.25, 0.3) is 5.91 Å². The van der Waals surface area contributed by atoms with Crippen LogP contribution in [0.2, 0.25) is 0 Å². The second-order valence-corrected chi connectivity index (χ2v) is 4.42. The molecule has 1 heterocycles. The number of hydrogen-bond acceptors (Lipinski definition) is 2. The molecule has 0 atom stereocenters. The number of carbonyl (C=O) groups excluding carboxylic acids is 1. The highest BCUT2D eigenvalue weighted by Crippen LogP contribution is 2.21. The summed E-state index contributed by atoms with van der Waals surface area (Å²) in [5.41, 5.74) is 1.65. The molecule has 0 saturated heterocycles. The summed E-state index contributed by atoms with van der Waals surface area (Å²) in [6.07, 6.45) is 0. The number of hydrogen-bond donors (Lipinski definition) is 0. The fourth-order valence-electron chi connectivity index (χ4n) is 1.53. The summed E-state index contributed by atoms with van der Waals surface area (Å²) in [4.78, 5) is 13.7. The van der Waals surface area contributed by atoms with Crippen molar-refractivity contribution >= 4 is 21.8 Å². The lowest BCUT2D eigenvalue weighted by Gasteiger charge is -2.15. The minimum atomic E-state index is 0.0290. The Morgan fingerprint density at radius 2 is 1.93 bits per heavy atom. The molecule has 0 spiro atoms. The van der Waals surface area contributed by atoms with Gasteiger partial charge in [0.2, 0.25) is 0 Å². The van der Waals surface area contributed by atoms with Gasteiger partial charge in [0.1, 0.15) is 11.5 Å². The highest BCUT2D eigenvalue weighted by molar-refractivity contribution is 9.09. The lowest BCUT2D eigenvalue weighted by atomic mass is 10.1. The molecule has 0 bridgehead atoms. The van der Waals surface area contributed by atoms with Crippen molar-refractivity contribution in [3.8, 4) is 0 Å². The molecular formula is C11H16BrNO2. The van der Waals surface area contributed by atoms with Crippen molar-refractivity contribution in [3.63, 3.8) is 0 Å². The number of carbonyl (C=O) groups is 1. The highest BCUT2D eigenvalue weighted by atomic mass is 79.9. The van der Waals surface area contributed by atoms with Crippen molar-refractivity contribution < 1.29 is 9.21 Å². The summed E-state index contributed by atoms with van der Waals surface area (Å²) in [5.74, 6) is 1.56. The van der Waals surface area contributed by atoms with E-state index < -0.39 is 0 Å². The molecule has 0 N–H and O–H groups in total. The Labute approximate surface area is 98.6 Å². The van der Waals surface area contributed by atoms with E-state index in [1.807, 2.05) is 20.8 Å². The summed E-state index contributed by atoms with van der Waals surface area (Å²) < 4.78 is 5.44. The zero-order valence-electron chi connectivity index (χ0n) is 9.56. The third-order valence-corrected chi connectivity index (χ3v) is 2.90. The second-order valence-electron chi connectivity index (χ2n) is 3.63. The number of halogens is 1. The molecule has 1 aromatic heterocycles. The zero-order chi connectivity index (χ0) is 11.6. The molecule has 0 aliphatic heterocycles. The first kappa shape index (κ1) is 12.3. The summed E-state index contributed by atoms with van der Waals surface area (Å²) in [6, 6.07) is 0. The highest BCUT2D eigenvalue weighted by Gasteiger charge is 2.20. The van der Waals surface area contributed by atoms with Crippen LogP contribution in [0.4, 0.5) is 0 Å². The fraction of sp³-hybridized carbons (Fsp3) is 0.545. The van der Waals surface area contributed by atoms with Gasteiger partial charge in [-0.1, -0.05) is 15.9 Å². The SMILES string of the molecule is Cc1oc(C)c(C(=O)N(C)CCBr)c1C. The van der Waals surface area contributed by atoms with Gasteiger partial charge in [0, 0.05) is 24.5 Å². The van der Waals surface area contributed by atoms with Gasteiger partial charge in [-0.15, -0.1) is 0 Å². The molecule has 0 fully saturated rings. The lowest BCUT2D eigenvalue weighted by Crippen LogP contribution is -2.29. The molecule has 15 heavy (non-hydrogen) atoms. The van der Waals surface area contributed by atoms with Gasteiger partial charge in [0.05, 0.1) is 5.56 Å². The van der Waals surface area contributed by atoms with E-state index in [0.29, 0.717) is 17.9 Å². The van der Waals surface area contributed by atoms with Crippen LogP contribution in [-0.2, 0) is 0 Å². The van der Waals surface area contributed by atoms with E-state index in [1.54, 1.807) is 11.9 Å². The molecule has 3 nitrogen and oxygen atoms in total. The maximum atomic E-state index is 12.0. The molecule has 0 aliphatic rings. The molecule has 84 valence electrons. The number of aryl methyl sites for hydroxylation is 2. The van der Waals surface area contributed by atoms with Crippen molar-refractivity contribution in [2.75, 3.05) is 18.9 Å². The Bertz CT molecular complexity index is 371. The van der Waals surface area contributed by atoms with Crippen LogP contribution < -0.4 is 0 Å². The predicted octanol–water partition coefficient (Wildman–Crippen LogP) is 2.67. The van der Waals surface area contributed by atoms with Gasteiger partial charge < -0.3 is 9.32 Å². The molecular weight excluding hydrogens is 258 g/mol. The Hall–Kier alpha value is -0.770. The van der Waals surface area contributed by atoms with Crippen molar-refractivity contribution in [3.05, 3.63) is 22.6 Å². The van der Waals surface area contributed by atoms with Crippen molar-refractivity contribution in [2.45, 2.75) is 20.8 Å². The lowest BCUT2D eigenvalue weighted by molar-refractivity contribution is 0.0801. The Morgan fingerprint density at radius 1 is 1.33 bits per heavy atom. The number of furan rings is 1. The van der Waals surface area contributed by atoms with Crippen LogP contribution in [0.3, 0.4) is 0 Å². The topological polar surface area (TPSA) is 33.5 Å². The van der Waals surface area contributed by atoms with Gasteiger partial charge in [-0.3, -0.25) is 4.79 Å². The first-order chi connectivity index (χ1) is 6.99. The fourth-order valence-corrected chi connectivity index (χ4v) is 2.06. The van der Waals surface area contributed by atoms with Gasteiger partial charge >= 0.3 is 0 Å². The first-order valence-electron chi connectivity index (χ1n) is 4.87. The third-order valence-electron chi connectivity index (χ3n) is 2.54. The molecule has 0 aliphatic carbocycles. The molecule has 1 amide bonds. The van der Waals surface area contributed by atoms with E-state index >= 15 is 0 Å². The number of alkyl halides is 1. The number of amides is 1. The third kappa shape index (κ3) is 2.43. The molecule has 1 rings (SSSR count). The van der Waals surface area contributed by atoms with Gasteiger partial charge in [-0.05, 0) is 20.8 Å². The predicted molar refractivity (Wildman–Crippen MR) is 63.7 cm³/mol. The van der Waals surface area contributed by atoms with Gasteiger partial charge in [0.15, 0.2) is 0 Å². The van der Waals surface area contributed by atoms with Crippen LogP contribution in [0.5, 0.6) is 0 Å². The van der Waals surface area contributed by atoms with Crippen LogP contribution in [-0.4, -0.2) is 29.7 Å². The molecule has 0 radical (unpaired) electrons. The number of nitrogens with zero attached hydrogens (tertiary/aromatic N) is 1. The summed E-state index contributed by atoms with van der Waals surface area (Å²) in [5, 5.41) is 0.782. The van der Waals surface area contributed by atoms with Crippen LogP contribution in [0.15, 0.2) is 4.42 Å². The maximum absolute atomic E-state index is 12.0. The quantitative estimate of drug-likeness (QED) is 0.794. The van der Waals surface area contributed by atoms with E-state index in [4.69, 9.17) is 4.42 Å². The van der Waals surface area contributed by atoms with E-state index in [9.17, 15) is 4.79 Å². The average molecular weight is 274 g/mol. The van der Waals surface area contributed by atoms with Crippen molar-refractivity contribution in [1.82, 2.24) is 4.90 Å². The number of rotatable bonds is 3. The normalized spacial score (nSPS) is 10.5. The Kier molecular flexibility index (Phi) is 3.97. The van der Waals surface area contributed by atoms with E-state index in [2.05, 4.69) is 15.9 Å². The van der Waals surface area contributed by atoms with Crippen LogP contribution in [0, 0.1) is 20.8 Å². The van der Waals surface area contributed by atoms with Crippen LogP contribution >= 0.6 is 15.9 Å². The van der Waals surface area contributed by atoms with E-state index in [-0.39, 0.29) is 5.91 Å². The van der Waals surface area contributed by atoms with Crippen LogP contribution in [0.25, 0.3) is 0 Å². The van der Waals surface area contributed by atoms with Gasteiger partial charge in [-0.2, -0.15) is 0 Å². The molecule has 4 heteroatoms. The molecule has 0 saturated carbocycles. The smallest absolute Gasteiger partial charge is 0.257 e. The van der Waals surface area contributed by atoms with Crippen molar-refractivity contribution in [2.24, 2.45) is 0 Å². The van der Waals surface area contributed by atoms with Crippen LogP contribution in [0.1, 0.15) is 27.4 Å². The summed E-state index contributed by atoms with van der Waals surface area (Å²) >= 11 is 3.32. The molecule has 0 unspecified atom stereocenters. The summed E-state index contributed by atoms with van der Waals surface area (Å²) in [6.45, 7) is 6.32. The minimum absolute atomic E-state index is 0.0290. The largest absolute Gasteiger partial charge is 0.466 e. The maximum Gasteiger partial charge on any atom is 0.257 e. The van der Waals surface area contributed by atoms with Gasteiger partial charge in [-0.25, -0.2) is 0 Å². The molecule has 0 aromatic carbocycles. The minimum Gasteiger partial charge on any atom is -0.466 e.